The van der Waals surface area contributed by atoms with Gasteiger partial charge in [0.2, 0.25) is 0 Å². The number of hydrogen-bond acceptors (Lipinski definition) is 5. The van der Waals surface area contributed by atoms with Crippen molar-refractivity contribution in [2.45, 2.75) is 45.3 Å². The molecule has 0 aliphatic carbocycles. The number of nitrogens with zero attached hydrogens (tertiary/aromatic N) is 2. The Morgan fingerprint density at radius 3 is 2.59 bits per heavy atom. The summed E-state index contributed by atoms with van der Waals surface area (Å²) in [6.07, 6.45) is 0.629. The van der Waals surface area contributed by atoms with Crippen molar-refractivity contribution >= 4 is 17.9 Å². The lowest BCUT2D eigenvalue weighted by Crippen LogP contribution is -2.38. The number of benzene rings is 1. The SMILES string of the molecule is COCC1CN(c2ccc3c(c2)CCN(C(=O)OC(C)(C)C)CC3)C(=O)O1. The molecule has 0 N–H and O–H groups in total. The topological polar surface area (TPSA) is 68.3 Å². The molecule has 1 saturated heterocycles. The van der Waals surface area contributed by atoms with Crippen LogP contribution >= 0.6 is 0 Å². The number of carbonyl (C=O) groups is 2. The van der Waals surface area contributed by atoms with Gasteiger partial charge in [-0.1, -0.05) is 6.07 Å². The highest BCUT2D eigenvalue weighted by Crippen LogP contribution is 2.27. The number of cyclic esters (lactones) is 1. The summed E-state index contributed by atoms with van der Waals surface area (Å²) < 4.78 is 15.9. The Morgan fingerprint density at radius 2 is 1.93 bits per heavy atom. The third kappa shape index (κ3) is 4.71. The summed E-state index contributed by atoms with van der Waals surface area (Å²) in [7, 11) is 1.59. The van der Waals surface area contributed by atoms with Gasteiger partial charge >= 0.3 is 12.2 Å². The fraction of sp³-hybridized carbons (Fsp3) is 0.600. The monoisotopic (exact) mass is 376 g/mol. The van der Waals surface area contributed by atoms with Gasteiger partial charge in [-0.2, -0.15) is 0 Å². The second-order valence-electron chi connectivity index (χ2n) is 7.99. The average Bonchev–Trinajstić information content (AvgIpc) is 2.82. The molecular weight excluding hydrogens is 348 g/mol. The summed E-state index contributed by atoms with van der Waals surface area (Å²) in [6.45, 7) is 7.71. The molecule has 0 aromatic heterocycles. The molecule has 1 unspecified atom stereocenters. The summed E-state index contributed by atoms with van der Waals surface area (Å²) in [5, 5.41) is 0. The first-order valence-electron chi connectivity index (χ1n) is 9.33. The van der Waals surface area contributed by atoms with Crippen molar-refractivity contribution in [1.29, 1.82) is 0 Å². The first kappa shape index (κ1) is 19.5. The molecule has 2 aliphatic rings. The smallest absolute Gasteiger partial charge is 0.414 e. The molecule has 0 spiro atoms. The van der Waals surface area contributed by atoms with E-state index in [1.54, 1.807) is 16.9 Å². The Labute approximate surface area is 160 Å². The van der Waals surface area contributed by atoms with Gasteiger partial charge in [-0.05, 0) is 56.9 Å². The van der Waals surface area contributed by atoms with Crippen molar-refractivity contribution in [2.75, 3.05) is 38.3 Å². The molecule has 1 atom stereocenters. The Kier molecular flexibility index (Phi) is 5.60. The molecule has 1 aromatic rings. The van der Waals surface area contributed by atoms with Crippen LogP contribution in [0.15, 0.2) is 18.2 Å². The Bertz CT molecular complexity index is 713. The first-order chi connectivity index (χ1) is 12.8. The molecule has 0 radical (unpaired) electrons. The molecule has 3 rings (SSSR count). The molecule has 0 bridgehead atoms. The van der Waals surface area contributed by atoms with Crippen LogP contribution in [0.25, 0.3) is 0 Å². The number of carbonyl (C=O) groups excluding carboxylic acids is 2. The zero-order valence-electron chi connectivity index (χ0n) is 16.5. The van der Waals surface area contributed by atoms with Crippen molar-refractivity contribution in [2.24, 2.45) is 0 Å². The van der Waals surface area contributed by atoms with Gasteiger partial charge in [0.15, 0.2) is 0 Å². The van der Waals surface area contributed by atoms with Crippen molar-refractivity contribution in [3.8, 4) is 0 Å². The third-order valence-corrected chi connectivity index (χ3v) is 4.68. The summed E-state index contributed by atoms with van der Waals surface area (Å²) in [5.74, 6) is 0. The van der Waals surface area contributed by atoms with Crippen LogP contribution < -0.4 is 4.90 Å². The van der Waals surface area contributed by atoms with Gasteiger partial charge in [0, 0.05) is 25.9 Å². The van der Waals surface area contributed by atoms with E-state index >= 15 is 0 Å². The van der Waals surface area contributed by atoms with Crippen LogP contribution in [0.2, 0.25) is 0 Å². The fourth-order valence-electron chi connectivity index (χ4n) is 3.39. The van der Waals surface area contributed by atoms with Gasteiger partial charge in [-0.3, -0.25) is 4.90 Å². The molecule has 7 nitrogen and oxygen atoms in total. The number of anilines is 1. The lowest BCUT2D eigenvalue weighted by atomic mass is 10.0. The fourth-order valence-corrected chi connectivity index (χ4v) is 3.39. The number of ether oxygens (including phenoxy) is 3. The third-order valence-electron chi connectivity index (χ3n) is 4.68. The molecule has 1 fully saturated rings. The van der Waals surface area contributed by atoms with Gasteiger partial charge in [0.1, 0.15) is 11.7 Å². The maximum Gasteiger partial charge on any atom is 0.414 e. The minimum atomic E-state index is -0.502. The van der Waals surface area contributed by atoms with E-state index in [1.807, 2.05) is 39.0 Å². The van der Waals surface area contributed by atoms with Crippen LogP contribution in [0, 0.1) is 0 Å². The number of methoxy groups -OCH3 is 1. The summed E-state index contributed by atoms with van der Waals surface area (Å²) in [4.78, 5) is 27.9. The summed E-state index contributed by atoms with van der Waals surface area (Å²) >= 11 is 0. The maximum atomic E-state index is 12.4. The number of rotatable bonds is 3. The average molecular weight is 376 g/mol. The van der Waals surface area contributed by atoms with Gasteiger partial charge in [0.05, 0.1) is 13.2 Å². The molecular formula is C20H28N2O5. The molecule has 1 aromatic carbocycles. The summed E-state index contributed by atoms with van der Waals surface area (Å²) in [5.41, 5.74) is 2.67. The van der Waals surface area contributed by atoms with Crippen LogP contribution in [0.4, 0.5) is 15.3 Å². The van der Waals surface area contributed by atoms with Crippen LogP contribution in [0.3, 0.4) is 0 Å². The molecule has 2 aliphatic heterocycles. The molecule has 7 heteroatoms. The van der Waals surface area contributed by atoms with Crippen molar-refractivity contribution in [1.82, 2.24) is 4.90 Å². The number of hydrogen-bond donors (Lipinski definition) is 0. The standard InChI is InChI=1S/C20H28N2O5/c1-20(2,3)27-18(23)21-9-7-14-5-6-16(11-15(14)8-10-21)22-12-17(13-25-4)26-19(22)24/h5-6,11,17H,7-10,12-13H2,1-4H3. The minimum Gasteiger partial charge on any atom is -0.444 e. The number of amides is 2. The second kappa shape index (κ2) is 7.76. The van der Waals surface area contributed by atoms with E-state index in [9.17, 15) is 9.59 Å². The van der Waals surface area contributed by atoms with Crippen molar-refractivity contribution in [3.05, 3.63) is 29.3 Å². The second-order valence-corrected chi connectivity index (χ2v) is 7.99. The van der Waals surface area contributed by atoms with Crippen LogP contribution in [0.5, 0.6) is 0 Å². The summed E-state index contributed by atoms with van der Waals surface area (Å²) in [6, 6.07) is 6.02. The maximum absolute atomic E-state index is 12.4. The van der Waals surface area contributed by atoms with Crippen LogP contribution in [-0.2, 0) is 27.1 Å². The van der Waals surface area contributed by atoms with Gasteiger partial charge in [-0.15, -0.1) is 0 Å². The Morgan fingerprint density at radius 1 is 1.22 bits per heavy atom. The highest BCUT2D eigenvalue weighted by Gasteiger charge is 2.33. The Hall–Kier alpha value is -2.28. The van der Waals surface area contributed by atoms with E-state index in [4.69, 9.17) is 14.2 Å². The minimum absolute atomic E-state index is 0.246. The predicted octanol–water partition coefficient (Wildman–Crippen LogP) is 2.99. The lowest BCUT2D eigenvalue weighted by molar-refractivity contribution is 0.0258. The van der Waals surface area contributed by atoms with Gasteiger partial charge in [-0.25, -0.2) is 9.59 Å². The van der Waals surface area contributed by atoms with Crippen molar-refractivity contribution < 1.29 is 23.8 Å². The normalized spacial score (nSPS) is 20.1. The van der Waals surface area contributed by atoms with E-state index in [0.29, 0.717) is 26.2 Å². The highest BCUT2D eigenvalue weighted by atomic mass is 16.6. The van der Waals surface area contributed by atoms with Gasteiger partial charge < -0.3 is 19.1 Å². The van der Waals surface area contributed by atoms with E-state index in [2.05, 4.69) is 0 Å². The van der Waals surface area contributed by atoms with Crippen molar-refractivity contribution in [3.63, 3.8) is 0 Å². The van der Waals surface area contributed by atoms with Gasteiger partial charge in [0.25, 0.3) is 0 Å². The molecule has 27 heavy (non-hydrogen) atoms. The quantitative estimate of drug-likeness (QED) is 0.811. The molecule has 0 saturated carbocycles. The zero-order chi connectivity index (χ0) is 19.6. The molecule has 2 heterocycles. The van der Waals surface area contributed by atoms with E-state index in [-0.39, 0.29) is 18.3 Å². The van der Waals surface area contributed by atoms with Crippen LogP contribution in [0.1, 0.15) is 31.9 Å². The number of fused-ring (bicyclic) bond motifs is 1. The highest BCUT2D eigenvalue weighted by molar-refractivity contribution is 5.90. The van der Waals surface area contributed by atoms with E-state index in [1.165, 1.54) is 5.56 Å². The van der Waals surface area contributed by atoms with E-state index < -0.39 is 5.60 Å². The largest absolute Gasteiger partial charge is 0.444 e. The zero-order valence-corrected chi connectivity index (χ0v) is 16.5. The molecule has 148 valence electrons. The lowest BCUT2D eigenvalue weighted by Gasteiger charge is -2.26. The molecule has 2 amide bonds. The van der Waals surface area contributed by atoms with Crippen LogP contribution in [-0.4, -0.2) is 62.1 Å². The van der Waals surface area contributed by atoms with E-state index in [0.717, 1.165) is 24.1 Å². The first-order valence-corrected chi connectivity index (χ1v) is 9.33. The Balaban J connectivity index is 1.69. The predicted molar refractivity (Wildman–Crippen MR) is 101 cm³/mol.